The van der Waals surface area contributed by atoms with Gasteiger partial charge in [0.05, 0.1) is 18.0 Å². The molecule has 0 radical (unpaired) electrons. The fourth-order valence-electron chi connectivity index (χ4n) is 1.78. The lowest BCUT2D eigenvalue weighted by Gasteiger charge is -2.20. The average molecular weight is 166 g/mol. The first kappa shape index (κ1) is 9.21. The van der Waals surface area contributed by atoms with Crippen molar-refractivity contribution >= 4 is 5.78 Å². The van der Waals surface area contributed by atoms with Crippen LogP contribution in [0.25, 0.3) is 0 Å². The van der Waals surface area contributed by atoms with Gasteiger partial charge >= 0.3 is 0 Å². The summed E-state index contributed by atoms with van der Waals surface area (Å²) in [7, 11) is 1.91. The minimum absolute atomic E-state index is 0.0175. The molecule has 1 fully saturated rings. The molecule has 0 aliphatic carbocycles. The number of nitriles is 1. The standard InChI is InChI=1S/C9H14N2O/c1-6-8(5-10)4-9(7(2)12)11(6)3/h6,8-9H,4H2,1-3H3/t6-,8-,9-/m0/s1. The fraction of sp³-hybridized carbons (Fsp3) is 0.778. The zero-order chi connectivity index (χ0) is 9.30. The van der Waals surface area contributed by atoms with Crippen LogP contribution in [0.1, 0.15) is 20.3 Å². The predicted octanol–water partition coefficient (Wildman–Crippen LogP) is 0.808. The van der Waals surface area contributed by atoms with E-state index in [-0.39, 0.29) is 23.8 Å². The lowest BCUT2D eigenvalue weighted by atomic mass is 10.0. The van der Waals surface area contributed by atoms with Crippen LogP contribution in [0.3, 0.4) is 0 Å². The number of carbonyl (C=O) groups excluding carboxylic acids is 1. The molecule has 3 atom stereocenters. The summed E-state index contributed by atoms with van der Waals surface area (Å²) in [6, 6.07) is 2.41. The number of hydrogen-bond acceptors (Lipinski definition) is 3. The zero-order valence-electron chi connectivity index (χ0n) is 7.74. The van der Waals surface area contributed by atoms with Gasteiger partial charge in [-0.3, -0.25) is 9.69 Å². The maximum atomic E-state index is 11.1. The Kier molecular flexibility index (Phi) is 2.49. The van der Waals surface area contributed by atoms with Crippen LogP contribution < -0.4 is 0 Å². The van der Waals surface area contributed by atoms with Gasteiger partial charge < -0.3 is 0 Å². The molecule has 1 heterocycles. The van der Waals surface area contributed by atoms with E-state index in [2.05, 4.69) is 6.07 Å². The largest absolute Gasteiger partial charge is 0.298 e. The van der Waals surface area contributed by atoms with Gasteiger partial charge in [-0.15, -0.1) is 0 Å². The third kappa shape index (κ3) is 1.35. The quantitative estimate of drug-likeness (QED) is 0.579. The van der Waals surface area contributed by atoms with Gasteiger partial charge in [0.15, 0.2) is 0 Å². The molecule has 0 spiro atoms. The third-order valence-electron chi connectivity index (χ3n) is 2.83. The van der Waals surface area contributed by atoms with Crippen molar-refractivity contribution in [1.82, 2.24) is 4.90 Å². The summed E-state index contributed by atoms with van der Waals surface area (Å²) in [5, 5.41) is 8.77. The molecule has 0 N–H and O–H groups in total. The number of carbonyl (C=O) groups is 1. The van der Waals surface area contributed by atoms with E-state index < -0.39 is 0 Å². The molecule has 0 aromatic carbocycles. The van der Waals surface area contributed by atoms with Crippen molar-refractivity contribution in [2.24, 2.45) is 5.92 Å². The Labute approximate surface area is 73.0 Å². The number of rotatable bonds is 1. The fourth-order valence-corrected chi connectivity index (χ4v) is 1.78. The van der Waals surface area contributed by atoms with Crippen LogP contribution in [0.2, 0.25) is 0 Å². The van der Waals surface area contributed by atoms with Crippen molar-refractivity contribution in [2.45, 2.75) is 32.4 Å². The second-order valence-electron chi connectivity index (χ2n) is 3.50. The Bertz CT molecular complexity index is 231. The molecule has 0 bridgehead atoms. The summed E-state index contributed by atoms with van der Waals surface area (Å²) < 4.78 is 0. The van der Waals surface area contributed by atoms with Crippen LogP contribution in [-0.4, -0.2) is 29.8 Å². The molecule has 66 valence electrons. The topological polar surface area (TPSA) is 44.1 Å². The molecule has 0 unspecified atom stereocenters. The molecule has 0 aromatic heterocycles. The highest BCUT2D eigenvalue weighted by molar-refractivity contribution is 5.81. The minimum Gasteiger partial charge on any atom is -0.298 e. The van der Waals surface area contributed by atoms with Crippen LogP contribution in [0.5, 0.6) is 0 Å². The lowest BCUT2D eigenvalue weighted by Crippen LogP contribution is -2.35. The first-order valence-corrected chi connectivity index (χ1v) is 4.20. The van der Waals surface area contributed by atoms with Gasteiger partial charge in [-0.1, -0.05) is 0 Å². The third-order valence-corrected chi connectivity index (χ3v) is 2.83. The second kappa shape index (κ2) is 3.24. The van der Waals surface area contributed by atoms with Crippen LogP contribution in [0.4, 0.5) is 0 Å². The highest BCUT2D eigenvalue weighted by Crippen LogP contribution is 2.27. The molecular formula is C9H14N2O. The van der Waals surface area contributed by atoms with Gasteiger partial charge in [-0.2, -0.15) is 5.26 Å². The van der Waals surface area contributed by atoms with Crippen LogP contribution in [0, 0.1) is 17.2 Å². The Morgan fingerprint density at radius 3 is 2.50 bits per heavy atom. The van der Waals surface area contributed by atoms with E-state index in [1.807, 2.05) is 18.9 Å². The lowest BCUT2D eigenvalue weighted by molar-refractivity contribution is -0.121. The number of Topliss-reactive ketones (excluding diaryl/α,β-unsaturated/α-hetero) is 1. The normalized spacial score (nSPS) is 36.3. The van der Waals surface area contributed by atoms with E-state index in [9.17, 15) is 4.79 Å². The van der Waals surface area contributed by atoms with Crippen molar-refractivity contribution in [3.63, 3.8) is 0 Å². The summed E-state index contributed by atoms with van der Waals surface area (Å²) in [6.07, 6.45) is 0.698. The van der Waals surface area contributed by atoms with Crippen molar-refractivity contribution in [1.29, 1.82) is 5.26 Å². The Balaban J connectivity index is 2.75. The summed E-state index contributed by atoms with van der Waals surface area (Å²) >= 11 is 0. The number of hydrogen-bond donors (Lipinski definition) is 0. The number of nitrogens with zero attached hydrogens (tertiary/aromatic N) is 2. The number of ketones is 1. The first-order valence-electron chi connectivity index (χ1n) is 4.20. The Morgan fingerprint density at radius 2 is 2.25 bits per heavy atom. The van der Waals surface area contributed by atoms with Crippen molar-refractivity contribution < 1.29 is 4.79 Å². The van der Waals surface area contributed by atoms with Crippen LogP contribution >= 0.6 is 0 Å². The van der Waals surface area contributed by atoms with E-state index in [1.54, 1.807) is 6.92 Å². The molecule has 1 saturated heterocycles. The Morgan fingerprint density at radius 1 is 1.67 bits per heavy atom. The first-order chi connectivity index (χ1) is 5.57. The van der Waals surface area contributed by atoms with Gasteiger partial charge in [0.2, 0.25) is 0 Å². The maximum absolute atomic E-state index is 11.1. The minimum atomic E-state index is -0.0374. The van der Waals surface area contributed by atoms with E-state index in [4.69, 9.17) is 5.26 Å². The molecule has 1 aliphatic heterocycles. The SMILES string of the molecule is CC(=O)[C@@H]1C[C@@H](C#N)[C@H](C)N1C. The van der Waals surface area contributed by atoms with Crippen LogP contribution in [-0.2, 0) is 4.79 Å². The maximum Gasteiger partial charge on any atom is 0.146 e. The smallest absolute Gasteiger partial charge is 0.146 e. The zero-order valence-corrected chi connectivity index (χ0v) is 7.74. The average Bonchev–Trinajstić information content (AvgIpc) is 2.30. The van der Waals surface area contributed by atoms with Crippen molar-refractivity contribution in [2.75, 3.05) is 7.05 Å². The number of likely N-dealkylation sites (N-methyl/N-ethyl adjacent to an activating group) is 1. The van der Waals surface area contributed by atoms with Crippen molar-refractivity contribution in [3.8, 4) is 6.07 Å². The summed E-state index contributed by atoms with van der Waals surface area (Å²) in [4.78, 5) is 13.1. The Hall–Kier alpha value is -0.880. The van der Waals surface area contributed by atoms with Gasteiger partial charge in [-0.05, 0) is 27.3 Å². The molecule has 0 saturated carbocycles. The summed E-state index contributed by atoms with van der Waals surface area (Å²) in [5.74, 6) is 0.186. The molecule has 12 heavy (non-hydrogen) atoms. The van der Waals surface area contributed by atoms with Gasteiger partial charge in [0.25, 0.3) is 0 Å². The molecule has 3 heteroatoms. The predicted molar refractivity (Wildman–Crippen MR) is 45.4 cm³/mol. The number of likely N-dealkylation sites (tertiary alicyclic amines) is 1. The van der Waals surface area contributed by atoms with Crippen molar-refractivity contribution in [3.05, 3.63) is 0 Å². The second-order valence-corrected chi connectivity index (χ2v) is 3.50. The highest BCUT2D eigenvalue weighted by atomic mass is 16.1. The van der Waals surface area contributed by atoms with Gasteiger partial charge in [0.1, 0.15) is 5.78 Å². The molecule has 1 rings (SSSR count). The molecule has 3 nitrogen and oxygen atoms in total. The van der Waals surface area contributed by atoms with Gasteiger partial charge in [0, 0.05) is 6.04 Å². The molecule has 1 aliphatic rings. The summed E-state index contributed by atoms with van der Waals surface area (Å²) in [6.45, 7) is 3.59. The molecular weight excluding hydrogens is 152 g/mol. The molecule has 0 amide bonds. The van der Waals surface area contributed by atoms with E-state index in [1.165, 1.54) is 0 Å². The van der Waals surface area contributed by atoms with E-state index >= 15 is 0 Å². The van der Waals surface area contributed by atoms with E-state index in [0.29, 0.717) is 6.42 Å². The molecule has 0 aromatic rings. The van der Waals surface area contributed by atoms with E-state index in [0.717, 1.165) is 0 Å². The highest BCUT2D eigenvalue weighted by Gasteiger charge is 2.38. The van der Waals surface area contributed by atoms with Gasteiger partial charge in [-0.25, -0.2) is 0 Å². The monoisotopic (exact) mass is 166 g/mol. The summed E-state index contributed by atoms with van der Waals surface area (Å²) in [5.41, 5.74) is 0. The van der Waals surface area contributed by atoms with Crippen LogP contribution in [0.15, 0.2) is 0 Å².